The maximum absolute atomic E-state index is 14.0. The molecule has 1 fully saturated rings. The lowest BCUT2D eigenvalue weighted by Gasteiger charge is -2.36. The highest BCUT2D eigenvalue weighted by Gasteiger charge is 2.20. The van der Waals surface area contributed by atoms with E-state index in [9.17, 15) is 4.39 Å². The summed E-state index contributed by atoms with van der Waals surface area (Å²) in [6.45, 7) is 5.54. The monoisotopic (exact) mass is 393 g/mol. The Hall–Kier alpha value is -3.35. The van der Waals surface area contributed by atoms with E-state index in [1.165, 1.54) is 6.07 Å². The van der Waals surface area contributed by atoms with Gasteiger partial charge in [0.2, 0.25) is 5.95 Å². The van der Waals surface area contributed by atoms with Gasteiger partial charge in [-0.2, -0.15) is 4.98 Å². The quantitative estimate of drug-likeness (QED) is 0.681. The lowest BCUT2D eigenvalue weighted by atomic mass is 10.2. The average molecular weight is 393 g/mol. The largest absolute Gasteiger partial charge is 0.492 e. The summed E-state index contributed by atoms with van der Waals surface area (Å²) < 4.78 is 19.7. The number of piperazine rings is 1. The van der Waals surface area contributed by atoms with E-state index in [1.807, 2.05) is 49.4 Å². The predicted molar refractivity (Wildman–Crippen MR) is 114 cm³/mol. The molecule has 1 saturated heterocycles. The van der Waals surface area contributed by atoms with Crippen molar-refractivity contribution in [2.24, 2.45) is 0 Å². The molecule has 2 heterocycles. The van der Waals surface area contributed by atoms with Gasteiger partial charge in [-0.1, -0.05) is 24.3 Å². The van der Waals surface area contributed by atoms with Gasteiger partial charge in [0.25, 0.3) is 0 Å². The molecule has 1 aromatic heterocycles. The SMILES string of the molecule is CCOc1ccccc1Nc1nccc(N2CCN(c3ccccc3F)CC2)n1. The van der Waals surface area contributed by atoms with E-state index in [-0.39, 0.29) is 5.82 Å². The molecule has 7 heteroatoms. The summed E-state index contributed by atoms with van der Waals surface area (Å²) in [5.41, 5.74) is 1.49. The van der Waals surface area contributed by atoms with E-state index in [4.69, 9.17) is 4.74 Å². The number of ether oxygens (including phenoxy) is 1. The van der Waals surface area contributed by atoms with E-state index in [0.29, 0.717) is 18.2 Å². The zero-order valence-electron chi connectivity index (χ0n) is 16.4. The lowest BCUT2D eigenvalue weighted by Crippen LogP contribution is -2.47. The number of hydrogen-bond acceptors (Lipinski definition) is 6. The molecular weight excluding hydrogens is 369 g/mol. The minimum Gasteiger partial charge on any atom is -0.492 e. The number of aromatic nitrogens is 2. The second-order valence-electron chi connectivity index (χ2n) is 6.72. The van der Waals surface area contributed by atoms with Gasteiger partial charge in [-0.25, -0.2) is 9.37 Å². The van der Waals surface area contributed by atoms with Gasteiger partial charge in [0, 0.05) is 32.4 Å². The van der Waals surface area contributed by atoms with Gasteiger partial charge in [-0.05, 0) is 37.3 Å². The molecule has 4 rings (SSSR count). The molecule has 6 nitrogen and oxygen atoms in total. The standard InChI is InChI=1S/C22H24FN5O/c1-2-29-20-10-6-4-8-18(20)25-22-24-12-11-21(26-22)28-15-13-27(14-16-28)19-9-5-3-7-17(19)23/h3-12H,2,13-16H2,1H3,(H,24,25,26). The molecule has 1 aliphatic heterocycles. The lowest BCUT2D eigenvalue weighted by molar-refractivity contribution is 0.342. The first-order chi connectivity index (χ1) is 14.2. The van der Waals surface area contributed by atoms with Crippen LogP contribution in [-0.4, -0.2) is 42.8 Å². The van der Waals surface area contributed by atoms with Crippen molar-refractivity contribution in [1.29, 1.82) is 0 Å². The maximum atomic E-state index is 14.0. The third-order valence-corrected chi connectivity index (χ3v) is 4.87. The van der Waals surface area contributed by atoms with Gasteiger partial charge < -0.3 is 19.9 Å². The highest BCUT2D eigenvalue weighted by Crippen LogP contribution is 2.27. The van der Waals surface area contributed by atoms with Crippen molar-refractivity contribution in [3.8, 4) is 5.75 Å². The molecule has 0 spiro atoms. The Morgan fingerprint density at radius 2 is 1.69 bits per heavy atom. The Morgan fingerprint density at radius 1 is 0.966 bits per heavy atom. The fourth-order valence-electron chi connectivity index (χ4n) is 3.44. The Kier molecular flexibility index (Phi) is 5.74. The molecule has 3 aromatic rings. The summed E-state index contributed by atoms with van der Waals surface area (Å²) in [4.78, 5) is 13.3. The molecule has 0 aliphatic carbocycles. The van der Waals surface area contributed by atoms with Gasteiger partial charge in [0.1, 0.15) is 17.4 Å². The normalized spacial score (nSPS) is 14.0. The van der Waals surface area contributed by atoms with Gasteiger partial charge in [-0.3, -0.25) is 0 Å². The first-order valence-corrected chi connectivity index (χ1v) is 9.81. The summed E-state index contributed by atoms with van der Waals surface area (Å²) in [5.74, 6) is 1.96. The van der Waals surface area contributed by atoms with Crippen molar-refractivity contribution in [3.63, 3.8) is 0 Å². The molecule has 0 bridgehead atoms. The predicted octanol–water partition coefficient (Wildman–Crippen LogP) is 4.08. The molecule has 1 aliphatic rings. The topological polar surface area (TPSA) is 53.5 Å². The Balaban J connectivity index is 1.44. The first-order valence-electron chi connectivity index (χ1n) is 9.81. The van der Waals surface area contributed by atoms with Crippen LogP contribution in [0.4, 0.5) is 27.5 Å². The second kappa shape index (κ2) is 8.77. The van der Waals surface area contributed by atoms with Crippen LogP contribution in [0.15, 0.2) is 60.8 Å². The van der Waals surface area contributed by atoms with Crippen LogP contribution >= 0.6 is 0 Å². The molecule has 29 heavy (non-hydrogen) atoms. The molecule has 0 radical (unpaired) electrons. The maximum Gasteiger partial charge on any atom is 0.229 e. The fourth-order valence-corrected chi connectivity index (χ4v) is 3.44. The number of benzene rings is 2. The zero-order chi connectivity index (χ0) is 20.1. The third kappa shape index (κ3) is 4.39. The first kappa shape index (κ1) is 19.0. The molecule has 0 unspecified atom stereocenters. The second-order valence-corrected chi connectivity index (χ2v) is 6.72. The smallest absolute Gasteiger partial charge is 0.229 e. The van der Waals surface area contributed by atoms with E-state index < -0.39 is 0 Å². The summed E-state index contributed by atoms with van der Waals surface area (Å²) >= 11 is 0. The van der Waals surface area contributed by atoms with Crippen LogP contribution in [0.3, 0.4) is 0 Å². The van der Waals surface area contributed by atoms with Crippen LogP contribution in [0, 0.1) is 5.82 Å². The van der Waals surface area contributed by atoms with Crippen LogP contribution < -0.4 is 19.9 Å². The summed E-state index contributed by atoms with van der Waals surface area (Å²) in [7, 11) is 0. The molecule has 0 saturated carbocycles. The number of hydrogen-bond donors (Lipinski definition) is 1. The molecule has 150 valence electrons. The number of nitrogens with zero attached hydrogens (tertiary/aromatic N) is 4. The molecule has 1 N–H and O–H groups in total. The molecular formula is C22H24FN5O. The van der Waals surface area contributed by atoms with Crippen molar-refractivity contribution in [3.05, 3.63) is 66.6 Å². The van der Waals surface area contributed by atoms with Crippen LogP contribution in [0.1, 0.15) is 6.92 Å². The van der Waals surface area contributed by atoms with Crippen molar-refractivity contribution in [2.75, 3.05) is 47.9 Å². The summed E-state index contributed by atoms with van der Waals surface area (Å²) in [6, 6.07) is 16.5. The molecule has 2 aromatic carbocycles. The van der Waals surface area contributed by atoms with E-state index in [0.717, 1.165) is 43.4 Å². The minimum atomic E-state index is -0.178. The number of para-hydroxylation sites is 3. The van der Waals surface area contributed by atoms with Crippen LogP contribution in [0.25, 0.3) is 0 Å². The highest BCUT2D eigenvalue weighted by molar-refractivity contribution is 5.63. The number of halogens is 1. The van der Waals surface area contributed by atoms with Gasteiger partial charge in [0.15, 0.2) is 0 Å². The third-order valence-electron chi connectivity index (χ3n) is 4.87. The fraction of sp³-hybridized carbons (Fsp3) is 0.273. The summed E-state index contributed by atoms with van der Waals surface area (Å²) in [6.07, 6.45) is 1.75. The van der Waals surface area contributed by atoms with Gasteiger partial charge in [0.05, 0.1) is 18.0 Å². The van der Waals surface area contributed by atoms with Gasteiger partial charge >= 0.3 is 0 Å². The van der Waals surface area contributed by atoms with Crippen molar-refractivity contribution >= 4 is 23.1 Å². The Bertz CT molecular complexity index is 959. The van der Waals surface area contributed by atoms with Gasteiger partial charge in [-0.15, -0.1) is 0 Å². The molecule has 0 amide bonds. The number of nitrogens with one attached hydrogen (secondary N) is 1. The Morgan fingerprint density at radius 3 is 2.48 bits per heavy atom. The highest BCUT2D eigenvalue weighted by atomic mass is 19.1. The van der Waals surface area contributed by atoms with Crippen molar-refractivity contribution in [1.82, 2.24) is 9.97 Å². The average Bonchev–Trinajstić information content (AvgIpc) is 2.76. The van der Waals surface area contributed by atoms with Crippen LogP contribution in [0.2, 0.25) is 0 Å². The van der Waals surface area contributed by atoms with E-state index in [2.05, 4.69) is 25.1 Å². The minimum absolute atomic E-state index is 0.178. The van der Waals surface area contributed by atoms with Crippen LogP contribution in [0.5, 0.6) is 5.75 Å². The van der Waals surface area contributed by atoms with E-state index in [1.54, 1.807) is 12.3 Å². The number of anilines is 4. The zero-order valence-corrected chi connectivity index (χ0v) is 16.4. The number of rotatable bonds is 6. The van der Waals surface area contributed by atoms with E-state index >= 15 is 0 Å². The van der Waals surface area contributed by atoms with Crippen molar-refractivity contribution in [2.45, 2.75) is 6.92 Å². The van der Waals surface area contributed by atoms with Crippen molar-refractivity contribution < 1.29 is 9.13 Å². The summed E-state index contributed by atoms with van der Waals surface area (Å²) in [5, 5.41) is 3.25. The molecule has 0 atom stereocenters. The Labute approximate surface area is 170 Å². The van der Waals surface area contributed by atoms with Crippen LogP contribution in [-0.2, 0) is 0 Å².